The van der Waals surface area contributed by atoms with E-state index in [1.54, 1.807) is 30.0 Å². The highest BCUT2D eigenvalue weighted by molar-refractivity contribution is 6.04. The van der Waals surface area contributed by atoms with E-state index in [0.717, 1.165) is 33.1 Å². The van der Waals surface area contributed by atoms with Crippen molar-refractivity contribution in [2.45, 2.75) is 26.2 Å². The van der Waals surface area contributed by atoms with Crippen molar-refractivity contribution in [1.29, 1.82) is 10.5 Å². The molecule has 4 heterocycles. The molecule has 5 aromatic rings. The lowest BCUT2D eigenvalue weighted by Gasteiger charge is -2.15. The van der Waals surface area contributed by atoms with Gasteiger partial charge in [0.25, 0.3) is 0 Å². The first kappa shape index (κ1) is 22.9. The van der Waals surface area contributed by atoms with Crippen molar-refractivity contribution >= 4 is 21.9 Å². The Bertz CT molecular complexity index is 1810. The second-order valence-corrected chi connectivity index (χ2v) is 9.10. The van der Waals surface area contributed by atoms with Gasteiger partial charge in [-0.1, -0.05) is 6.07 Å². The molecule has 0 atom stereocenters. The first-order valence-electron chi connectivity index (χ1n) is 11.2. The van der Waals surface area contributed by atoms with Gasteiger partial charge in [-0.25, -0.2) is 4.98 Å². The van der Waals surface area contributed by atoms with Gasteiger partial charge in [-0.2, -0.15) is 14.9 Å². The Morgan fingerprint density at radius 2 is 1.78 bits per heavy atom. The lowest BCUT2D eigenvalue weighted by atomic mass is 9.91. The molecule has 0 unspecified atom stereocenters. The molecule has 0 aliphatic heterocycles. The first-order chi connectivity index (χ1) is 17.2. The van der Waals surface area contributed by atoms with Gasteiger partial charge in [0.05, 0.1) is 51.8 Å². The zero-order valence-corrected chi connectivity index (χ0v) is 20.2. The average Bonchev–Trinajstić information content (AvgIpc) is 3.17. The number of aromatic nitrogens is 5. The SMILES string of the molecule is Cc1cc(-c2ccc3ncc4c(c3c2)n(-c2ccc(C(C)(C)C#N)nc2)c(=NC#N)n4C)cnc1F. The minimum Gasteiger partial charge on any atom is -0.311 e. The Hall–Kier alpha value is -4.89. The van der Waals surface area contributed by atoms with E-state index in [4.69, 9.17) is 0 Å². The fraction of sp³-hybridized carbons (Fsp3) is 0.185. The van der Waals surface area contributed by atoms with Gasteiger partial charge in [0, 0.05) is 29.8 Å². The number of rotatable bonds is 3. The lowest BCUT2D eigenvalue weighted by Crippen LogP contribution is -2.23. The van der Waals surface area contributed by atoms with Crippen LogP contribution < -0.4 is 5.62 Å². The van der Waals surface area contributed by atoms with Crippen LogP contribution in [0, 0.1) is 35.7 Å². The van der Waals surface area contributed by atoms with Gasteiger partial charge in [-0.05, 0) is 56.7 Å². The molecule has 0 amide bonds. The number of halogens is 1. The monoisotopic (exact) mass is 476 g/mol. The number of hydrogen-bond donors (Lipinski definition) is 0. The number of pyridine rings is 3. The largest absolute Gasteiger partial charge is 0.311 e. The van der Waals surface area contributed by atoms with Gasteiger partial charge in [-0.15, -0.1) is 4.99 Å². The van der Waals surface area contributed by atoms with Crippen LogP contribution in [-0.4, -0.2) is 24.1 Å². The molecule has 8 nitrogen and oxygen atoms in total. The highest BCUT2D eigenvalue weighted by atomic mass is 19.1. The van der Waals surface area contributed by atoms with Crippen LogP contribution in [0.15, 0.2) is 60.0 Å². The van der Waals surface area contributed by atoms with Crippen molar-refractivity contribution < 1.29 is 4.39 Å². The molecule has 1 aromatic carbocycles. The summed E-state index contributed by atoms with van der Waals surface area (Å²) in [5, 5.41) is 19.7. The van der Waals surface area contributed by atoms with Gasteiger partial charge < -0.3 is 4.57 Å². The zero-order chi connectivity index (χ0) is 25.6. The molecule has 0 saturated carbocycles. The molecule has 0 aliphatic rings. The molecule has 9 heteroatoms. The van der Waals surface area contributed by atoms with Gasteiger partial charge in [-0.3, -0.25) is 14.5 Å². The third-order valence-corrected chi connectivity index (χ3v) is 6.33. The summed E-state index contributed by atoms with van der Waals surface area (Å²) in [6.07, 6.45) is 6.82. The first-order valence-corrected chi connectivity index (χ1v) is 11.2. The molecular formula is C27H21FN8. The van der Waals surface area contributed by atoms with Gasteiger partial charge in [0.2, 0.25) is 17.8 Å². The third kappa shape index (κ3) is 3.58. The summed E-state index contributed by atoms with van der Waals surface area (Å²) >= 11 is 0. The second kappa shape index (κ2) is 8.40. The number of imidazole rings is 1. The normalized spacial score (nSPS) is 12.1. The highest BCUT2D eigenvalue weighted by Gasteiger charge is 2.22. The summed E-state index contributed by atoms with van der Waals surface area (Å²) in [4.78, 5) is 17.1. The smallest absolute Gasteiger partial charge is 0.226 e. The summed E-state index contributed by atoms with van der Waals surface area (Å²) in [6, 6.07) is 13.5. The van der Waals surface area contributed by atoms with Crippen LogP contribution in [-0.2, 0) is 12.5 Å². The Morgan fingerprint density at radius 1 is 0.972 bits per heavy atom. The van der Waals surface area contributed by atoms with Crippen molar-refractivity contribution in [3.8, 4) is 29.1 Å². The molecule has 36 heavy (non-hydrogen) atoms. The van der Waals surface area contributed by atoms with Crippen LogP contribution in [0.3, 0.4) is 0 Å². The molecule has 0 bridgehead atoms. The Morgan fingerprint density at radius 3 is 2.44 bits per heavy atom. The maximum atomic E-state index is 13.8. The van der Waals surface area contributed by atoms with E-state index in [0.29, 0.717) is 22.6 Å². The molecule has 0 radical (unpaired) electrons. The number of hydrogen-bond acceptors (Lipinski definition) is 6. The molecule has 176 valence electrons. The van der Waals surface area contributed by atoms with E-state index in [-0.39, 0.29) is 0 Å². The third-order valence-electron chi connectivity index (χ3n) is 6.33. The predicted molar refractivity (Wildman–Crippen MR) is 133 cm³/mol. The summed E-state index contributed by atoms with van der Waals surface area (Å²) in [6.45, 7) is 5.30. The maximum absolute atomic E-state index is 13.8. The van der Waals surface area contributed by atoms with Crippen LogP contribution in [0.4, 0.5) is 4.39 Å². The fourth-order valence-corrected chi connectivity index (χ4v) is 4.26. The van der Waals surface area contributed by atoms with E-state index >= 15 is 0 Å². The number of fused-ring (bicyclic) bond motifs is 3. The standard InChI is InChI=1S/C27H21FN8/c1-16-9-18(11-33-25(16)28)17-5-7-21-20(10-17)24-22(13-31-21)35(4)26(34-15-30)36(24)19-6-8-23(32-12-19)27(2,3)14-29/h5-13H,1-4H3. The number of nitriles is 2. The minimum absolute atomic E-state index is 0.403. The zero-order valence-electron chi connectivity index (χ0n) is 20.2. The maximum Gasteiger partial charge on any atom is 0.226 e. The quantitative estimate of drug-likeness (QED) is 0.279. The van der Waals surface area contributed by atoms with Crippen molar-refractivity contribution in [2.75, 3.05) is 0 Å². The molecule has 4 aromatic heterocycles. The Kier molecular flexibility index (Phi) is 5.34. The highest BCUT2D eigenvalue weighted by Crippen LogP contribution is 2.30. The molecule has 0 aliphatic carbocycles. The van der Waals surface area contributed by atoms with Crippen LogP contribution in [0.25, 0.3) is 38.8 Å². The van der Waals surface area contributed by atoms with Gasteiger partial charge in [0.1, 0.15) is 0 Å². The fourth-order valence-electron chi connectivity index (χ4n) is 4.26. The Balaban J connectivity index is 1.84. The van der Waals surface area contributed by atoms with E-state index in [2.05, 4.69) is 26.0 Å². The summed E-state index contributed by atoms with van der Waals surface area (Å²) in [5.41, 5.74) is 5.38. The van der Waals surface area contributed by atoms with Gasteiger partial charge in [0.15, 0.2) is 0 Å². The van der Waals surface area contributed by atoms with Crippen molar-refractivity contribution in [3.05, 3.63) is 77.8 Å². The number of benzene rings is 1. The molecule has 5 rings (SSSR count). The van der Waals surface area contributed by atoms with Crippen LogP contribution in [0.2, 0.25) is 0 Å². The number of nitrogens with zero attached hydrogens (tertiary/aromatic N) is 8. The van der Waals surface area contributed by atoms with Crippen LogP contribution >= 0.6 is 0 Å². The van der Waals surface area contributed by atoms with Gasteiger partial charge >= 0.3 is 0 Å². The van der Waals surface area contributed by atoms with E-state index in [1.165, 1.54) is 6.20 Å². The molecular weight excluding hydrogens is 455 g/mol. The number of aryl methyl sites for hydroxylation is 2. The molecule has 0 fully saturated rings. The Labute approximate surface area is 206 Å². The summed E-state index contributed by atoms with van der Waals surface area (Å²) in [7, 11) is 1.82. The van der Waals surface area contributed by atoms with E-state index in [1.807, 2.05) is 62.0 Å². The van der Waals surface area contributed by atoms with Crippen molar-refractivity contribution in [1.82, 2.24) is 24.1 Å². The van der Waals surface area contributed by atoms with Crippen LogP contribution in [0.5, 0.6) is 0 Å². The van der Waals surface area contributed by atoms with E-state index in [9.17, 15) is 14.9 Å². The average molecular weight is 477 g/mol. The summed E-state index contributed by atoms with van der Waals surface area (Å²) in [5.74, 6) is -0.497. The second-order valence-electron chi connectivity index (χ2n) is 9.10. The topological polar surface area (TPSA) is 108 Å². The van der Waals surface area contributed by atoms with Crippen LogP contribution in [0.1, 0.15) is 25.1 Å². The summed E-state index contributed by atoms with van der Waals surface area (Å²) < 4.78 is 17.4. The minimum atomic E-state index is -0.741. The molecule has 0 N–H and O–H groups in total. The lowest BCUT2D eigenvalue weighted by molar-refractivity contribution is 0.575. The molecule has 0 spiro atoms. The van der Waals surface area contributed by atoms with Crippen molar-refractivity contribution in [2.24, 2.45) is 12.0 Å². The van der Waals surface area contributed by atoms with E-state index < -0.39 is 11.4 Å². The molecule has 0 saturated heterocycles. The van der Waals surface area contributed by atoms with Crippen molar-refractivity contribution in [3.63, 3.8) is 0 Å². The predicted octanol–water partition coefficient (Wildman–Crippen LogP) is 4.60.